The summed E-state index contributed by atoms with van der Waals surface area (Å²) in [7, 11) is 0. The van der Waals surface area contributed by atoms with Crippen molar-refractivity contribution in [1.29, 1.82) is 0 Å². The third-order valence-electron chi connectivity index (χ3n) is 2.98. The van der Waals surface area contributed by atoms with Crippen molar-refractivity contribution in [1.82, 2.24) is 4.90 Å². The van der Waals surface area contributed by atoms with Crippen molar-refractivity contribution < 1.29 is 5.11 Å². The molecule has 0 aromatic rings. The van der Waals surface area contributed by atoms with Gasteiger partial charge < -0.3 is 10.0 Å². The van der Waals surface area contributed by atoms with Crippen molar-refractivity contribution in [2.75, 3.05) is 31.6 Å². The van der Waals surface area contributed by atoms with Crippen LogP contribution < -0.4 is 0 Å². The minimum absolute atomic E-state index is 0.408. The Labute approximate surface area is 92.1 Å². The summed E-state index contributed by atoms with van der Waals surface area (Å²) in [6, 6.07) is 0. The van der Waals surface area contributed by atoms with Crippen molar-refractivity contribution in [3.63, 3.8) is 0 Å². The van der Waals surface area contributed by atoms with Crippen LogP contribution in [-0.4, -0.2) is 47.3 Å². The molecule has 1 atom stereocenters. The Morgan fingerprint density at radius 1 is 1.36 bits per heavy atom. The molecule has 14 heavy (non-hydrogen) atoms. The van der Waals surface area contributed by atoms with Gasteiger partial charge in [0.1, 0.15) is 0 Å². The molecule has 1 aliphatic rings. The fraction of sp³-hybridized carbons (Fsp3) is 1.00. The number of likely N-dealkylation sites (tertiary alicyclic amines) is 1. The van der Waals surface area contributed by atoms with Crippen LogP contribution in [-0.2, 0) is 0 Å². The van der Waals surface area contributed by atoms with Crippen LogP contribution >= 0.6 is 11.8 Å². The van der Waals surface area contributed by atoms with Crippen LogP contribution in [0.2, 0.25) is 0 Å². The summed E-state index contributed by atoms with van der Waals surface area (Å²) in [5, 5.41) is 9.91. The highest BCUT2D eigenvalue weighted by Gasteiger charge is 2.24. The molecule has 1 N–H and O–H groups in total. The molecule has 0 aliphatic carbocycles. The Morgan fingerprint density at radius 2 is 2.14 bits per heavy atom. The molecular weight excluding hydrogens is 194 g/mol. The van der Waals surface area contributed by atoms with E-state index in [1.54, 1.807) is 0 Å². The Balaban J connectivity index is 2.21. The van der Waals surface area contributed by atoms with Crippen LogP contribution in [0.25, 0.3) is 0 Å². The molecule has 0 saturated carbocycles. The maximum absolute atomic E-state index is 9.91. The summed E-state index contributed by atoms with van der Waals surface area (Å²) >= 11 is 1.92. The third-order valence-corrected chi connectivity index (χ3v) is 3.68. The molecule has 1 rings (SSSR count). The number of hydrogen-bond acceptors (Lipinski definition) is 3. The maximum atomic E-state index is 9.91. The number of rotatable bonds is 4. The average Bonchev–Trinajstić information content (AvgIpc) is 2.28. The Bertz CT molecular complexity index is 161. The molecule has 1 aliphatic heterocycles. The molecule has 0 amide bonds. The lowest BCUT2D eigenvalue weighted by Gasteiger charge is -2.22. The largest absolute Gasteiger partial charge is 0.390 e. The van der Waals surface area contributed by atoms with E-state index in [0.717, 1.165) is 25.8 Å². The monoisotopic (exact) mass is 217 g/mol. The van der Waals surface area contributed by atoms with Crippen LogP contribution in [0.4, 0.5) is 0 Å². The van der Waals surface area contributed by atoms with Crippen LogP contribution in [0.3, 0.4) is 0 Å². The van der Waals surface area contributed by atoms with Gasteiger partial charge in [0.05, 0.1) is 5.60 Å². The molecule has 0 spiro atoms. The van der Waals surface area contributed by atoms with Gasteiger partial charge in [-0.1, -0.05) is 0 Å². The molecular formula is C11H23NOS. The normalized spacial score (nSPS) is 30.2. The maximum Gasteiger partial charge on any atom is 0.0632 e. The highest BCUT2D eigenvalue weighted by Crippen LogP contribution is 2.21. The van der Waals surface area contributed by atoms with Gasteiger partial charge in [0.15, 0.2) is 0 Å². The van der Waals surface area contributed by atoms with E-state index in [2.05, 4.69) is 11.2 Å². The molecule has 1 heterocycles. The summed E-state index contributed by atoms with van der Waals surface area (Å²) in [5.41, 5.74) is -0.408. The summed E-state index contributed by atoms with van der Waals surface area (Å²) in [5.74, 6) is 1.26. The van der Waals surface area contributed by atoms with Gasteiger partial charge in [0.25, 0.3) is 0 Å². The fourth-order valence-corrected chi connectivity index (χ4v) is 2.39. The van der Waals surface area contributed by atoms with Crippen molar-refractivity contribution in [3.05, 3.63) is 0 Å². The molecule has 1 fully saturated rings. The Morgan fingerprint density at radius 3 is 2.86 bits per heavy atom. The molecule has 0 bridgehead atoms. The van der Waals surface area contributed by atoms with E-state index in [9.17, 15) is 5.11 Å². The van der Waals surface area contributed by atoms with Gasteiger partial charge in [-0.3, -0.25) is 0 Å². The standard InChI is InChI=1S/C11H23NOS/c1-11(13)5-3-7-12(9-6-11)8-4-10-14-2/h13H,3-10H2,1-2H3. The van der Waals surface area contributed by atoms with Gasteiger partial charge in [-0.15, -0.1) is 0 Å². The lowest BCUT2D eigenvalue weighted by Crippen LogP contribution is -2.29. The highest BCUT2D eigenvalue weighted by molar-refractivity contribution is 7.98. The smallest absolute Gasteiger partial charge is 0.0632 e. The average molecular weight is 217 g/mol. The van der Waals surface area contributed by atoms with Crippen molar-refractivity contribution in [2.45, 2.75) is 38.2 Å². The summed E-state index contributed by atoms with van der Waals surface area (Å²) < 4.78 is 0. The van der Waals surface area contributed by atoms with Gasteiger partial charge in [-0.25, -0.2) is 0 Å². The summed E-state index contributed by atoms with van der Waals surface area (Å²) in [4.78, 5) is 2.50. The first kappa shape index (κ1) is 12.3. The van der Waals surface area contributed by atoms with E-state index in [1.165, 1.54) is 25.3 Å². The van der Waals surface area contributed by atoms with Crippen molar-refractivity contribution in [3.8, 4) is 0 Å². The van der Waals surface area contributed by atoms with Crippen LogP contribution in [0, 0.1) is 0 Å². The second-order valence-corrected chi connectivity index (χ2v) is 5.52. The Kier molecular flexibility index (Phi) is 5.28. The number of thioether (sulfide) groups is 1. The molecule has 1 unspecified atom stereocenters. The molecule has 0 aromatic heterocycles. The van der Waals surface area contributed by atoms with Crippen LogP contribution in [0.5, 0.6) is 0 Å². The van der Waals surface area contributed by atoms with Gasteiger partial charge >= 0.3 is 0 Å². The van der Waals surface area contributed by atoms with Crippen molar-refractivity contribution >= 4 is 11.8 Å². The highest BCUT2D eigenvalue weighted by atomic mass is 32.2. The van der Waals surface area contributed by atoms with E-state index >= 15 is 0 Å². The minimum Gasteiger partial charge on any atom is -0.390 e. The number of aliphatic hydroxyl groups is 1. The molecule has 84 valence electrons. The van der Waals surface area contributed by atoms with E-state index in [-0.39, 0.29) is 0 Å². The third kappa shape index (κ3) is 4.67. The second kappa shape index (κ2) is 5.99. The van der Waals surface area contributed by atoms with E-state index < -0.39 is 5.60 Å². The van der Waals surface area contributed by atoms with Gasteiger partial charge in [0, 0.05) is 6.54 Å². The van der Waals surface area contributed by atoms with Gasteiger partial charge in [-0.2, -0.15) is 11.8 Å². The van der Waals surface area contributed by atoms with Crippen LogP contribution in [0.15, 0.2) is 0 Å². The molecule has 0 aromatic carbocycles. The quantitative estimate of drug-likeness (QED) is 0.728. The summed E-state index contributed by atoms with van der Waals surface area (Å²) in [6.07, 6.45) is 6.49. The van der Waals surface area contributed by atoms with E-state index in [1.807, 2.05) is 18.7 Å². The Hall–Kier alpha value is 0.270. The lowest BCUT2D eigenvalue weighted by molar-refractivity contribution is 0.0447. The first-order chi connectivity index (χ1) is 6.64. The molecule has 1 saturated heterocycles. The number of nitrogens with zero attached hydrogens (tertiary/aromatic N) is 1. The molecule has 2 nitrogen and oxygen atoms in total. The first-order valence-corrected chi connectivity index (χ1v) is 6.97. The predicted octanol–water partition coefficient (Wildman–Crippen LogP) is 1.98. The fourth-order valence-electron chi connectivity index (χ4n) is 1.98. The summed E-state index contributed by atoms with van der Waals surface area (Å²) in [6.45, 7) is 5.42. The van der Waals surface area contributed by atoms with Gasteiger partial charge in [-0.05, 0) is 57.7 Å². The minimum atomic E-state index is -0.408. The van der Waals surface area contributed by atoms with Crippen molar-refractivity contribution in [2.24, 2.45) is 0 Å². The first-order valence-electron chi connectivity index (χ1n) is 5.58. The van der Waals surface area contributed by atoms with E-state index in [4.69, 9.17) is 0 Å². The lowest BCUT2D eigenvalue weighted by atomic mass is 9.98. The zero-order chi connectivity index (χ0) is 10.4. The second-order valence-electron chi connectivity index (χ2n) is 4.54. The van der Waals surface area contributed by atoms with Gasteiger partial charge in [0.2, 0.25) is 0 Å². The zero-order valence-electron chi connectivity index (χ0n) is 9.46. The molecule has 3 heteroatoms. The van der Waals surface area contributed by atoms with Crippen LogP contribution in [0.1, 0.15) is 32.6 Å². The zero-order valence-corrected chi connectivity index (χ0v) is 10.3. The molecule has 0 radical (unpaired) electrons. The topological polar surface area (TPSA) is 23.5 Å². The number of hydrogen-bond donors (Lipinski definition) is 1. The van der Waals surface area contributed by atoms with E-state index in [0.29, 0.717) is 0 Å². The SMILES string of the molecule is CSCCCN1CCCC(C)(O)CC1. The predicted molar refractivity (Wildman–Crippen MR) is 63.9 cm³/mol.